The van der Waals surface area contributed by atoms with E-state index in [1.807, 2.05) is 6.92 Å². The maximum Gasteiger partial charge on any atom is 0.254 e. The molecule has 6 heteroatoms. The number of aliphatic hydroxyl groups is 1. The monoisotopic (exact) mass is 295 g/mol. The van der Waals surface area contributed by atoms with Gasteiger partial charge in [0.25, 0.3) is 5.91 Å². The van der Waals surface area contributed by atoms with Crippen molar-refractivity contribution in [3.8, 4) is 11.5 Å². The third-order valence-corrected chi connectivity index (χ3v) is 3.60. The summed E-state index contributed by atoms with van der Waals surface area (Å²) < 4.78 is 15.8. The zero-order chi connectivity index (χ0) is 15.4. The molecule has 2 unspecified atom stereocenters. The fourth-order valence-corrected chi connectivity index (χ4v) is 2.35. The molecule has 0 aliphatic carbocycles. The first-order chi connectivity index (χ1) is 10.1. The zero-order valence-electron chi connectivity index (χ0n) is 12.5. The number of carbonyl (C=O) groups excluding carboxylic acids is 1. The SMILES string of the molecule is COc1ccc(C(=O)N2CC(CO)OCC2C)cc1OC. The van der Waals surface area contributed by atoms with Gasteiger partial charge in [-0.1, -0.05) is 0 Å². The highest BCUT2D eigenvalue weighted by molar-refractivity contribution is 5.95. The molecule has 2 atom stereocenters. The number of rotatable bonds is 4. The third kappa shape index (κ3) is 3.28. The minimum absolute atomic E-state index is 0.0339. The normalized spacial score (nSPS) is 22.0. The molecule has 1 aromatic rings. The highest BCUT2D eigenvalue weighted by Crippen LogP contribution is 2.28. The average Bonchev–Trinajstić information content (AvgIpc) is 2.54. The van der Waals surface area contributed by atoms with Crippen LogP contribution in [0.1, 0.15) is 17.3 Å². The van der Waals surface area contributed by atoms with Crippen LogP contribution in [0.15, 0.2) is 18.2 Å². The van der Waals surface area contributed by atoms with Gasteiger partial charge in [0.05, 0.1) is 39.6 Å². The molecule has 0 bridgehead atoms. The van der Waals surface area contributed by atoms with Gasteiger partial charge in [-0.15, -0.1) is 0 Å². The average molecular weight is 295 g/mol. The number of hydrogen-bond acceptors (Lipinski definition) is 5. The number of hydrogen-bond donors (Lipinski definition) is 1. The molecule has 1 heterocycles. The molecule has 1 N–H and O–H groups in total. The van der Waals surface area contributed by atoms with Crippen molar-refractivity contribution < 1.29 is 24.1 Å². The maximum atomic E-state index is 12.6. The van der Waals surface area contributed by atoms with Gasteiger partial charge >= 0.3 is 0 Å². The van der Waals surface area contributed by atoms with E-state index in [9.17, 15) is 9.90 Å². The first kappa shape index (κ1) is 15.6. The van der Waals surface area contributed by atoms with Crippen LogP contribution in [0.4, 0.5) is 0 Å². The van der Waals surface area contributed by atoms with E-state index in [4.69, 9.17) is 14.2 Å². The quantitative estimate of drug-likeness (QED) is 0.895. The van der Waals surface area contributed by atoms with Gasteiger partial charge in [0.15, 0.2) is 11.5 Å². The molecule has 0 saturated carbocycles. The van der Waals surface area contributed by atoms with E-state index in [1.165, 1.54) is 7.11 Å². The van der Waals surface area contributed by atoms with E-state index >= 15 is 0 Å². The van der Waals surface area contributed by atoms with Gasteiger partial charge in [0, 0.05) is 12.1 Å². The predicted molar refractivity (Wildman–Crippen MR) is 76.9 cm³/mol. The van der Waals surface area contributed by atoms with Gasteiger partial charge in [0.2, 0.25) is 0 Å². The molecule has 1 saturated heterocycles. The fourth-order valence-electron chi connectivity index (χ4n) is 2.35. The molecular weight excluding hydrogens is 274 g/mol. The Hall–Kier alpha value is -1.79. The summed E-state index contributed by atoms with van der Waals surface area (Å²) in [5.74, 6) is 0.991. The van der Waals surface area contributed by atoms with Crippen LogP contribution in [0.2, 0.25) is 0 Å². The second kappa shape index (κ2) is 6.78. The Morgan fingerprint density at radius 2 is 2.10 bits per heavy atom. The van der Waals surface area contributed by atoms with Gasteiger partial charge in [-0.05, 0) is 25.1 Å². The minimum Gasteiger partial charge on any atom is -0.493 e. The van der Waals surface area contributed by atoms with Gasteiger partial charge in [-0.2, -0.15) is 0 Å². The molecule has 1 aliphatic heterocycles. The minimum atomic E-state index is -0.328. The van der Waals surface area contributed by atoms with Crippen molar-refractivity contribution in [3.05, 3.63) is 23.8 Å². The van der Waals surface area contributed by atoms with Crippen LogP contribution in [-0.2, 0) is 4.74 Å². The van der Waals surface area contributed by atoms with Crippen molar-refractivity contribution >= 4 is 5.91 Å². The summed E-state index contributed by atoms with van der Waals surface area (Å²) in [6.07, 6.45) is -0.328. The highest BCUT2D eigenvalue weighted by atomic mass is 16.5. The summed E-state index contributed by atoms with van der Waals surface area (Å²) in [5, 5.41) is 9.20. The number of ether oxygens (including phenoxy) is 3. The molecular formula is C15H21NO5. The van der Waals surface area contributed by atoms with Crippen molar-refractivity contribution in [3.63, 3.8) is 0 Å². The number of nitrogens with zero attached hydrogens (tertiary/aromatic N) is 1. The predicted octanol–water partition coefficient (Wildman–Crippen LogP) is 0.926. The smallest absolute Gasteiger partial charge is 0.254 e. The van der Waals surface area contributed by atoms with Crippen LogP contribution >= 0.6 is 0 Å². The number of carbonyl (C=O) groups is 1. The Labute approximate surface area is 124 Å². The molecule has 0 aromatic heterocycles. The lowest BCUT2D eigenvalue weighted by Gasteiger charge is -2.37. The van der Waals surface area contributed by atoms with Gasteiger partial charge in [-0.25, -0.2) is 0 Å². The van der Waals surface area contributed by atoms with E-state index in [-0.39, 0.29) is 24.7 Å². The largest absolute Gasteiger partial charge is 0.493 e. The zero-order valence-corrected chi connectivity index (χ0v) is 12.5. The Morgan fingerprint density at radius 1 is 1.38 bits per heavy atom. The molecule has 1 fully saturated rings. The van der Waals surface area contributed by atoms with Gasteiger partial charge in [-0.3, -0.25) is 4.79 Å². The van der Waals surface area contributed by atoms with Gasteiger partial charge in [0.1, 0.15) is 0 Å². The van der Waals surface area contributed by atoms with E-state index < -0.39 is 0 Å². The Morgan fingerprint density at radius 3 is 2.71 bits per heavy atom. The van der Waals surface area contributed by atoms with E-state index in [1.54, 1.807) is 30.2 Å². The summed E-state index contributed by atoms with van der Waals surface area (Å²) in [4.78, 5) is 14.3. The molecule has 1 aliphatic rings. The number of aliphatic hydroxyl groups excluding tert-OH is 1. The summed E-state index contributed by atoms with van der Waals surface area (Å²) in [5.41, 5.74) is 0.526. The molecule has 2 rings (SSSR count). The van der Waals surface area contributed by atoms with E-state index in [0.29, 0.717) is 30.2 Å². The fraction of sp³-hybridized carbons (Fsp3) is 0.533. The second-order valence-electron chi connectivity index (χ2n) is 5.01. The summed E-state index contributed by atoms with van der Waals surface area (Å²) in [7, 11) is 3.08. The lowest BCUT2D eigenvalue weighted by atomic mass is 10.1. The molecule has 21 heavy (non-hydrogen) atoms. The molecule has 1 amide bonds. The molecule has 6 nitrogen and oxygen atoms in total. The van der Waals surface area contributed by atoms with Crippen LogP contribution in [0.5, 0.6) is 11.5 Å². The lowest BCUT2D eigenvalue weighted by Crippen LogP contribution is -2.52. The lowest BCUT2D eigenvalue weighted by molar-refractivity contribution is -0.0667. The molecule has 0 spiro atoms. The van der Waals surface area contributed by atoms with Crippen LogP contribution in [0.3, 0.4) is 0 Å². The van der Waals surface area contributed by atoms with Crippen molar-refractivity contribution in [1.82, 2.24) is 4.90 Å². The maximum absolute atomic E-state index is 12.6. The molecule has 1 aromatic carbocycles. The van der Waals surface area contributed by atoms with Crippen molar-refractivity contribution in [2.75, 3.05) is 34.0 Å². The Bertz CT molecular complexity index is 505. The third-order valence-electron chi connectivity index (χ3n) is 3.60. The first-order valence-corrected chi connectivity index (χ1v) is 6.86. The molecule has 0 radical (unpaired) electrons. The number of morpholine rings is 1. The van der Waals surface area contributed by atoms with E-state index in [0.717, 1.165) is 0 Å². The van der Waals surface area contributed by atoms with Crippen LogP contribution in [0.25, 0.3) is 0 Å². The van der Waals surface area contributed by atoms with Crippen molar-refractivity contribution in [2.45, 2.75) is 19.1 Å². The summed E-state index contributed by atoms with van der Waals surface area (Å²) in [6, 6.07) is 5.05. The number of methoxy groups -OCH3 is 2. The van der Waals surface area contributed by atoms with Crippen LogP contribution in [-0.4, -0.2) is 62.0 Å². The number of amides is 1. The first-order valence-electron chi connectivity index (χ1n) is 6.86. The number of benzene rings is 1. The van der Waals surface area contributed by atoms with Gasteiger partial charge < -0.3 is 24.2 Å². The van der Waals surface area contributed by atoms with Crippen LogP contribution < -0.4 is 9.47 Å². The summed E-state index contributed by atoms with van der Waals surface area (Å²) >= 11 is 0. The van der Waals surface area contributed by atoms with Crippen molar-refractivity contribution in [2.24, 2.45) is 0 Å². The second-order valence-corrected chi connectivity index (χ2v) is 5.01. The topological polar surface area (TPSA) is 68.2 Å². The standard InChI is InChI=1S/C15H21NO5/c1-10-9-21-12(8-17)7-16(10)15(18)11-4-5-13(19-2)14(6-11)20-3/h4-6,10,12,17H,7-9H2,1-3H3. The molecule has 116 valence electrons. The van der Waals surface area contributed by atoms with Crippen molar-refractivity contribution in [1.29, 1.82) is 0 Å². The Balaban J connectivity index is 2.22. The summed E-state index contributed by atoms with van der Waals surface area (Å²) in [6.45, 7) is 2.63. The van der Waals surface area contributed by atoms with E-state index in [2.05, 4.69) is 0 Å². The Kier molecular flexibility index (Phi) is 5.03. The van der Waals surface area contributed by atoms with Crippen LogP contribution in [0, 0.1) is 0 Å². The highest BCUT2D eigenvalue weighted by Gasteiger charge is 2.30.